The first-order valence-corrected chi connectivity index (χ1v) is 11.1. The first kappa shape index (κ1) is 21.8. The maximum atomic E-state index is 15.0. The van der Waals surface area contributed by atoms with E-state index in [1.165, 1.54) is 16.9 Å². The van der Waals surface area contributed by atoms with Crippen molar-refractivity contribution in [3.8, 4) is 28.1 Å². The van der Waals surface area contributed by atoms with Crippen molar-refractivity contribution < 1.29 is 13.9 Å². The molecule has 2 fully saturated rings. The highest BCUT2D eigenvalue weighted by Crippen LogP contribution is 2.44. The zero-order valence-electron chi connectivity index (χ0n) is 19.2. The van der Waals surface area contributed by atoms with Gasteiger partial charge < -0.3 is 15.3 Å². The summed E-state index contributed by atoms with van der Waals surface area (Å²) in [7, 11) is 3.67. The van der Waals surface area contributed by atoms with E-state index in [-0.39, 0.29) is 27.9 Å². The molecule has 9 heteroatoms. The van der Waals surface area contributed by atoms with E-state index in [0.717, 1.165) is 25.7 Å². The van der Waals surface area contributed by atoms with Gasteiger partial charge in [-0.25, -0.2) is 8.78 Å². The van der Waals surface area contributed by atoms with E-state index in [1.54, 1.807) is 25.4 Å². The second-order valence-electron chi connectivity index (χ2n) is 10.0. The Labute approximate surface area is 191 Å². The average Bonchev–Trinajstić information content (AvgIpc) is 3.29. The number of fused-ring (bicyclic) bond motifs is 2. The van der Waals surface area contributed by atoms with Gasteiger partial charge in [0.1, 0.15) is 5.75 Å². The Hall–Kier alpha value is -3.07. The molecule has 2 aromatic heterocycles. The molecule has 0 aliphatic carbocycles. The zero-order valence-corrected chi connectivity index (χ0v) is 19.2. The summed E-state index contributed by atoms with van der Waals surface area (Å²) in [6.07, 6.45) is 7.26. The Morgan fingerprint density at radius 3 is 2.39 bits per heavy atom. The van der Waals surface area contributed by atoms with Crippen LogP contribution in [0.1, 0.15) is 39.5 Å². The Kier molecular flexibility index (Phi) is 4.93. The van der Waals surface area contributed by atoms with Gasteiger partial charge in [-0.2, -0.15) is 5.10 Å². The topological polar surface area (TPSA) is 79.1 Å². The maximum absolute atomic E-state index is 15.0. The highest BCUT2D eigenvalue weighted by Gasteiger charge is 2.49. The molecule has 7 nitrogen and oxygen atoms in total. The number of piperidine rings is 1. The lowest BCUT2D eigenvalue weighted by Gasteiger charge is -2.45. The molecular formula is C24H28F2N6O. The summed E-state index contributed by atoms with van der Waals surface area (Å²) in [5, 5.41) is 26.7. The number of aryl methyl sites for hydroxylation is 1. The van der Waals surface area contributed by atoms with Gasteiger partial charge >= 0.3 is 0 Å². The van der Waals surface area contributed by atoms with Crippen molar-refractivity contribution >= 4 is 5.82 Å². The van der Waals surface area contributed by atoms with Crippen LogP contribution >= 0.6 is 0 Å². The monoisotopic (exact) mass is 454 g/mol. The van der Waals surface area contributed by atoms with Crippen LogP contribution in [0.3, 0.4) is 0 Å². The quantitative estimate of drug-likeness (QED) is 0.620. The fourth-order valence-electron chi connectivity index (χ4n) is 5.56. The summed E-state index contributed by atoms with van der Waals surface area (Å²) in [6, 6.07) is 4.80. The standard InChI is InChI=1S/C24H28F2N6O/c1-23-7-8-24(2,30-23)11-15(10-23)32(4)19-6-5-17(28-29-19)20-18(33)9-16(21(25)22(20)26)14-12-27-31(3)13-14/h5-6,9,12-13,15,30,33H,7-8,10-11H2,1-4H3/t15?,23-,24+. The zero-order chi connectivity index (χ0) is 23.5. The molecule has 2 saturated heterocycles. The van der Waals surface area contributed by atoms with Crippen molar-refractivity contribution in [1.82, 2.24) is 25.3 Å². The van der Waals surface area contributed by atoms with Crippen LogP contribution in [0.2, 0.25) is 0 Å². The van der Waals surface area contributed by atoms with Crippen LogP contribution in [0.5, 0.6) is 5.75 Å². The third-order valence-corrected chi connectivity index (χ3v) is 7.22. The number of anilines is 1. The largest absolute Gasteiger partial charge is 0.507 e. The molecule has 4 heterocycles. The maximum Gasteiger partial charge on any atom is 0.172 e. The second-order valence-corrected chi connectivity index (χ2v) is 10.0. The fourth-order valence-corrected chi connectivity index (χ4v) is 5.56. The average molecular weight is 455 g/mol. The molecule has 2 bridgehead atoms. The van der Waals surface area contributed by atoms with Gasteiger partial charge in [-0.15, -0.1) is 10.2 Å². The minimum atomic E-state index is -1.17. The predicted molar refractivity (Wildman–Crippen MR) is 122 cm³/mol. The molecule has 0 saturated carbocycles. The Balaban J connectivity index is 1.42. The number of rotatable bonds is 4. The van der Waals surface area contributed by atoms with Gasteiger partial charge in [0, 0.05) is 48.5 Å². The van der Waals surface area contributed by atoms with Crippen molar-refractivity contribution in [1.29, 1.82) is 0 Å². The van der Waals surface area contributed by atoms with Gasteiger partial charge in [-0.05, 0) is 57.7 Å². The third-order valence-electron chi connectivity index (χ3n) is 7.22. The van der Waals surface area contributed by atoms with Crippen molar-refractivity contribution in [3.63, 3.8) is 0 Å². The third kappa shape index (κ3) is 3.74. The van der Waals surface area contributed by atoms with E-state index in [0.29, 0.717) is 17.4 Å². The predicted octanol–water partition coefficient (Wildman–Crippen LogP) is 4.03. The number of aromatic hydroxyl groups is 1. The molecule has 0 amide bonds. The van der Waals surface area contributed by atoms with Crippen LogP contribution in [0.25, 0.3) is 22.4 Å². The lowest BCUT2D eigenvalue weighted by molar-refractivity contribution is 0.207. The van der Waals surface area contributed by atoms with Crippen LogP contribution in [0.15, 0.2) is 30.6 Å². The molecule has 5 rings (SSSR count). The summed E-state index contributed by atoms with van der Waals surface area (Å²) in [6.45, 7) is 4.53. The first-order chi connectivity index (χ1) is 15.6. The second kappa shape index (κ2) is 7.48. The molecule has 33 heavy (non-hydrogen) atoms. The molecule has 174 valence electrons. The van der Waals surface area contributed by atoms with Crippen molar-refractivity contribution in [2.45, 2.75) is 56.7 Å². The van der Waals surface area contributed by atoms with Gasteiger partial charge in [0.05, 0.1) is 17.5 Å². The van der Waals surface area contributed by atoms with E-state index in [2.05, 4.69) is 39.4 Å². The Morgan fingerprint density at radius 2 is 1.82 bits per heavy atom. The number of aromatic nitrogens is 4. The SMILES string of the molecule is CN(c1ccc(-c2c(O)cc(-c3cnn(C)c3)c(F)c2F)nn1)C1C[C@]2(C)CC[C@](C)(C1)N2. The van der Waals surface area contributed by atoms with Gasteiger partial charge in [0.25, 0.3) is 0 Å². The molecule has 3 atom stereocenters. The molecule has 3 aromatic rings. The van der Waals surface area contributed by atoms with Crippen LogP contribution in [-0.2, 0) is 7.05 Å². The smallest absolute Gasteiger partial charge is 0.172 e. The van der Waals surface area contributed by atoms with E-state index in [9.17, 15) is 13.9 Å². The van der Waals surface area contributed by atoms with Gasteiger partial charge in [0.15, 0.2) is 17.5 Å². The van der Waals surface area contributed by atoms with Crippen LogP contribution < -0.4 is 10.2 Å². The first-order valence-electron chi connectivity index (χ1n) is 11.1. The highest BCUT2D eigenvalue weighted by molar-refractivity contribution is 5.75. The van der Waals surface area contributed by atoms with Crippen molar-refractivity contribution in [2.75, 3.05) is 11.9 Å². The molecule has 2 N–H and O–H groups in total. The number of hydrogen-bond acceptors (Lipinski definition) is 6. The number of phenols is 1. The summed E-state index contributed by atoms with van der Waals surface area (Å²) in [5.41, 5.74) is 0.305. The molecule has 2 aliphatic heterocycles. The van der Waals surface area contributed by atoms with Crippen LogP contribution in [0, 0.1) is 11.6 Å². The summed E-state index contributed by atoms with van der Waals surface area (Å²) in [5.74, 6) is -1.98. The van der Waals surface area contributed by atoms with Crippen LogP contribution in [-0.4, -0.2) is 49.3 Å². The van der Waals surface area contributed by atoms with Gasteiger partial charge in [-0.3, -0.25) is 4.68 Å². The summed E-state index contributed by atoms with van der Waals surface area (Å²) < 4.78 is 31.3. The minimum absolute atomic E-state index is 0.0614. The summed E-state index contributed by atoms with van der Waals surface area (Å²) >= 11 is 0. The van der Waals surface area contributed by atoms with E-state index < -0.39 is 17.4 Å². The van der Waals surface area contributed by atoms with Crippen molar-refractivity contribution in [3.05, 3.63) is 42.2 Å². The molecule has 2 aliphatic rings. The number of nitrogens with zero attached hydrogens (tertiary/aromatic N) is 5. The number of nitrogens with one attached hydrogen (secondary N) is 1. The Bertz CT molecular complexity index is 1190. The van der Waals surface area contributed by atoms with Crippen molar-refractivity contribution in [2.24, 2.45) is 7.05 Å². The number of halogens is 2. The highest BCUT2D eigenvalue weighted by atomic mass is 19.2. The van der Waals surface area contributed by atoms with Gasteiger partial charge in [-0.1, -0.05) is 0 Å². The lowest BCUT2D eigenvalue weighted by Crippen LogP contribution is -2.58. The fraction of sp³-hybridized carbons (Fsp3) is 0.458. The molecular weight excluding hydrogens is 426 g/mol. The van der Waals surface area contributed by atoms with E-state index in [1.807, 2.05) is 7.05 Å². The minimum Gasteiger partial charge on any atom is -0.507 e. The molecule has 0 spiro atoms. The number of phenolic OH excluding ortho intramolecular Hbond substituents is 1. The number of benzene rings is 1. The van der Waals surface area contributed by atoms with E-state index >= 15 is 0 Å². The molecule has 1 unspecified atom stereocenters. The summed E-state index contributed by atoms with van der Waals surface area (Å²) in [4.78, 5) is 2.11. The van der Waals surface area contributed by atoms with Gasteiger partial charge in [0.2, 0.25) is 0 Å². The molecule has 0 radical (unpaired) electrons. The molecule has 1 aromatic carbocycles. The number of hydrogen-bond donors (Lipinski definition) is 2. The Morgan fingerprint density at radius 1 is 1.12 bits per heavy atom. The van der Waals surface area contributed by atoms with E-state index in [4.69, 9.17) is 0 Å². The normalized spacial score (nSPS) is 26.5. The van der Waals surface area contributed by atoms with Crippen LogP contribution in [0.4, 0.5) is 14.6 Å². The lowest BCUT2D eigenvalue weighted by atomic mass is 9.84.